The molecule has 0 saturated carbocycles. The molecule has 7 atom stereocenters. The zero-order valence-electron chi connectivity index (χ0n) is 18.6. The summed E-state index contributed by atoms with van der Waals surface area (Å²) < 4.78 is 58.6. The summed E-state index contributed by atoms with van der Waals surface area (Å²) in [5.41, 5.74) is 0. The predicted molar refractivity (Wildman–Crippen MR) is 117 cm³/mol. The van der Waals surface area contributed by atoms with Crippen LogP contribution in [0, 0.1) is 5.41 Å². The Morgan fingerprint density at radius 2 is 1.75 bits per heavy atom. The molecule has 0 aromatic rings. The molecule has 3 heterocycles. The van der Waals surface area contributed by atoms with Crippen molar-refractivity contribution < 1.29 is 42.2 Å². The van der Waals surface area contributed by atoms with Crippen LogP contribution in [-0.4, -0.2) is 77.9 Å². The van der Waals surface area contributed by atoms with Crippen molar-refractivity contribution in [2.75, 3.05) is 20.3 Å². The Labute approximate surface area is 202 Å². The first kappa shape index (κ1) is 26.9. The molecule has 1 N–H and O–H groups in total. The second-order valence-corrected chi connectivity index (χ2v) is 13.2. The number of alkyl halides is 3. The SMILES string of the molecule is CCOC(OC)P1(=O)OC(C2COC(C)(C)O2)C2OC(C)(C)OC2C1OC(=N)C(Cl)(Cl)Cl. The van der Waals surface area contributed by atoms with Crippen molar-refractivity contribution in [2.24, 2.45) is 0 Å². The smallest absolute Gasteiger partial charge is 0.300 e. The van der Waals surface area contributed by atoms with Gasteiger partial charge >= 0.3 is 0 Å². The minimum atomic E-state index is -4.07. The summed E-state index contributed by atoms with van der Waals surface area (Å²) in [7, 11) is -2.76. The van der Waals surface area contributed by atoms with Crippen LogP contribution in [0.25, 0.3) is 0 Å². The summed E-state index contributed by atoms with van der Waals surface area (Å²) in [6.07, 6.45) is -3.28. The highest BCUT2D eigenvalue weighted by molar-refractivity contribution is 7.60. The highest BCUT2D eigenvalue weighted by Gasteiger charge is 2.66. The van der Waals surface area contributed by atoms with E-state index in [1.165, 1.54) is 7.11 Å². The van der Waals surface area contributed by atoms with Crippen molar-refractivity contribution in [1.82, 2.24) is 0 Å². The first-order chi connectivity index (χ1) is 14.6. The van der Waals surface area contributed by atoms with Crippen LogP contribution in [0.1, 0.15) is 34.6 Å². The quantitative estimate of drug-likeness (QED) is 0.176. The van der Waals surface area contributed by atoms with E-state index in [1.54, 1.807) is 34.6 Å². The average molecular weight is 541 g/mol. The molecule has 0 aromatic heterocycles. The number of hydrogen-bond acceptors (Lipinski definition) is 10. The molecule has 32 heavy (non-hydrogen) atoms. The Hall–Kier alpha value is 0.290. The third kappa shape index (κ3) is 5.41. The Morgan fingerprint density at radius 3 is 2.25 bits per heavy atom. The largest absolute Gasteiger partial charge is 0.461 e. The summed E-state index contributed by atoms with van der Waals surface area (Å²) in [6.45, 7) is 8.94. The number of rotatable bonds is 6. The zero-order chi connectivity index (χ0) is 24.1. The van der Waals surface area contributed by atoms with Crippen molar-refractivity contribution in [1.29, 1.82) is 5.41 Å². The summed E-state index contributed by atoms with van der Waals surface area (Å²) in [4.78, 5) is 0. The van der Waals surface area contributed by atoms with E-state index < -0.39 is 64.9 Å². The molecule has 0 aromatic carbocycles. The molecule has 3 saturated heterocycles. The fourth-order valence-corrected chi connectivity index (χ4v) is 6.69. The molecule has 7 unspecified atom stereocenters. The van der Waals surface area contributed by atoms with Crippen molar-refractivity contribution >= 4 is 48.1 Å². The van der Waals surface area contributed by atoms with E-state index >= 15 is 0 Å². The molecule has 14 heteroatoms. The first-order valence-corrected chi connectivity index (χ1v) is 13.0. The molecule has 186 valence electrons. The van der Waals surface area contributed by atoms with Gasteiger partial charge in [-0.05, 0) is 34.6 Å². The molecular weight excluding hydrogens is 512 g/mol. The van der Waals surface area contributed by atoms with Crippen molar-refractivity contribution in [3.05, 3.63) is 0 Å². The summed E-state index contributed by atoms with van der Waals surface area (Å²) >= 11 is 17.4. The second-order valence-electron chi connectivity index (χ2n) is 8.48. The Kier molecular flexibility index (Phi) is 7.89. The van der Waals surface area contributed by atoms with Crippen LogP contribution in [0.2, 0.25) is 0 Å². The van der Waals surface area contributed by atoms with Crippen molar-refractivity contribution in [3.63, 3.8) is 0 Å². The van der Waals surface area contributed by atoms with Crippen LogP contribution in [-0.2, 0) is 42.2 Å². The maximum absolute atomic E-state index is 14.4. The van der Waals surface area contributed by atoms with Gasteiger partial charge in [0.05, 0.1) is 6.61 Å². The lowest BCUT2D eigenvalue weighted by molar-refractivity contribution is -0.176. The van der Waals surface area contributed by atoms with Crippen LogP contribution in [0.5, 0.6) is 0 Å². The standard InChI is InChI=1S/C18H29Cl3NO9P/c1-7-25-15(24-6)32(23)13(27-14(22)18(19,20)21)12-11(29-17(4,5)30-12)10(31-32)9-8-26-16(2,3)28-9/h9-13,15,22H,7-8H2,1-6H3. The molecule has 0 spiro atoms. The lowest BCUT2D eigenvalue weighted by atomic mass is 10.0. The molecule has 0 bridgehead atoms. The maximum atomic E-state index is 14.4. The molecule has 3 aliphatic heterocycles. The average Bonchev–Trinajstić information content (AvgIpc) is 3.18. The fourth-order valence-electron chi connectivity index (χ4n) is 3.92. The number of hydrogen-bond donors (Lipinski definition) is 1. The Bertz CT molecular complexity index is 762. The van der Waals surface area contributed by atoms with E-state index in [-0.39, 0.29) is 13.2 Å². The molecule has 3 fully saturated rings. The molecule has 0 radical (unpaired) electrons. The van der Waals surface area contributed by atoms with Crippen LogP contribution >= 0.6 is 42.2 Å². The number of ether oxygens (including phenoxy) is 7. The number of fused-ring (bicyclic) bond motifs is 1. The van der Waals surface area contributed by atoms with E-state index in [4.69, 9.17) is 77.9 Å². The summed E-state index contributed by atoms with van der Waals surface area (Å²) in [5, 5.41) is 8.06. The molecule has 3 rings (SSSR count). The van der Waals surface area contributed by atoms with Gasteiger partial charge in [0.15, 0.2) is 11.6 Å². The maximum Gasteiger partial charge on any atom is 0.300 e. The lowest BCUT2D eigenvalue weighted by Crippen LogP contribution is -2.56. The van der Waals surface area contributed by atoms with Crippen molar-refractivity contribution in [2.45, 2.75) is 86.3 Å². The van der Waals surface area contributed by atoms with Gasteiger partial charge in [0, 0.05) is 13.7 Å². The monoisotopic (exact) mass is 539 g/mol. The second kappa shape index (κ2) is 9.39. The first-order valence-electron chi connectivity index (χ1n) is 10.1. The normalized spacial score (nSPS) is 39.5. The molecule has 3 aliphatic rings. The highest BCUT2D eigenvalue weighted by Crippen LogP contribution is 2.65. The van der Waals surface area contributed by atoms with E-state index in [2.05, 4.69) is 0 Å². The van der Waals surface area contributed by atoms with Crippen LogP contribution in [0.3, 0.4) is 0 Å². The van der Waals surface area contributed by atoms with Gasteiger partial charge in [0.25, 0.3) is 11.2 Å². The van der Waals surface area contributed by atoms with Crippen LogP contribution in [0.15, 0.2) is 0 Å². The third-order valence-electron chi connectivity index (χ3n) is 5.11. The van der Waals surface area contributed by atoms with Gasteiger partial charge in [-0.15, -0.1) is 0 Å². The predicted octanol–water partition coefficient (Wildman–Crippen LogP) is 3.99. The van der Waals surface area contributed by atoms with Crippen LogP contribution in [0.4, 0.5) is 0 Å². The summed E-state index contributed by atoms with van der Waals surface area (Å²) in [5.74, 6) is -4.12. The lowest BCUT2D eigenvalue weighted by Gasteiger charge is -2.45. The van der Waals surface area contributed by atoms with Gasteiger partial charge < -0.3 is 37.7 Å². The van der Waals surface area contributed by atoms with Gasteiger partial charge in [0.1, 0.15) is 24.4 Å². The Morgan fingerprint density at radius 1 is 1.12 bits per heavy atom. The molecule has 10 nitrogen and oxygen atoms in total. The third-order valence-corrected chi connectivity index (χ3v) is 8.25. The fraction of sp³-hybridized carbons (Fsp3) is 0.944. The minimum Gasteiger partial charge on any atom is -0.461 e. The van der Waals surface area contributed by atoms with Gasteiger partial charge in [0.2, 0.25) is 17.8 Å². The van der Waals surface area contributed by atoms with E-state index in [1.807, 2.05) is 0 Å². The van der Waals surface area contributed by atoms with Gasteiger partial charge in [-0.2, -0.15) is 0 Å². The molecular formula is C18H29Cl3NO9P. The number of halogens is 3. The molecule has 0 aliphatic carbocycles. The molecule has 0 amide bonds. The topological polar surface area (TPSA) is 115 Å². The van der Waals surface area contributed by atoms with E-state index in [0.29, 0.717) is 0 Å². The zero-order valence-corrected chi connectivity index (χ0v) is 21.8. The van der Waals surface area contributed by atoms with Crippen molar-refractivity contribution in [3.8, 4) is 0 Å². The Balaban J connectivity index is 2.04. The van der Waals surface area contributed by atoms with Crippen LogP contribution < -0.4 is 0 Å². The number of methoxy groups -OCH3 is 1. The van der Waals surface area contributed by atoms with Gasteiger partial charge in [-0.25, -0.2) is 0 Å². The highest BCUT2D eigenvalue weighted by atomic mass is 35.6. The van der Waals surface area contributed by atoms with Gasteiger partial charge in [-0.1, -0.05) is 34.8 Å². The van der Waals surface area contributed by atoms with Gasteiger partial charge in [-0.3, -0.25) is 9.97 Å². The summed E-state index contributed by atoms with van der Waals surface area (Å²) in [6, 6.07) is -1.34. The van der Waals surface area contributed by atoms with E-state index in [0.717, 1.165) is 0 Å². The van der Waals surface area contributed by atoms with E-state index in [9.17, 15) is 4.57 Å². The minimum absolute atomic E-state index is 0.165. The number of nitrogens with one attached hydrogen (secondary N) is 1.